The highest BCUT2D eigenvalue weighted by Crippen LogP contribution is 2.24. The van der Waals surface area contributed by atoms with Crippen LogP contribution in [0, 0.1) is 11.7 Å². The summed E-state index contributed by atoms with van der Waals surface area (Å²) in [5, 5.41) is 0. The Kier molecular flexibility index (Phi) is 7.61. The Morgan fingerprint density at radius 3 is 2.71 bits per heavy atom. The number of aromatic nitrogens is 1. The molecule has 0 saturated carbocycles. The third kappa shape index (κ3) is 5.30. The maximum atomic E-state index is 13.7. The number of carbonyl (C=O) groups is 1. The summed E-state index contributed by atoms with van der Waals surface area (Å²) in [4.78, 5) is 17.8. The monoisotopic (exact) mass is 505 g/mol. The van der Waals surface area contributed by atoms with Gasteiger partial charge in [-0.2, -0.15) is 9.30 Å². The standard InChI is InChI=1S/C24H28FN3O4S2/c1-3-32-14-13-28-21-11-8-19(25)15-22(21)33-24(28)26-23(29)18-6-9-20(10-7-18)34(30,31)27-12-4-5-17(2)16-27/h6-11,15,17H,3-5,12-14,16H2,1-2H3. The summed E-state index contributed by atoms with van der Waals surface area (Å²) < 4.78 is 49.2. The number of ether oxygens (including phenoxy) is 1. The summed E-state index contributed by atoms with van der Waals surface area (Å²) in [6.45, 7) is 6.43. The number of thiazole rings is 1. The molecule has 4 rings (SSSR count). The van der Waals surface area contributed by atoms with Crippen molar-refractivity contribution >= 4 is 37.5 Å². The van der Waals surface area contributed by atoms with Crippen molar-refractivity contribution in [3.05, 3.63) is 58.6 Å². The second-order valence-electron chi connectivity index (χ2n) is 8.40. The molecule has 1 atom stereocenters. The van der Waals surface area contributed by atoms with Gasteiger partial charge in [0.25, 0.3) is 5.91 Å². The van der Waals surface area contributed by atoms with Gasteiger partial charge in [0.2, 0.25) is 10.0 Å². The van der Waals surface area contributed by atoms with Gasteiger partial charge in [0, 0.05) is 31.8 Å². The van der Waals surface area contributed by atoms with E-state index in [9.17, 15) is 17.6 Å². The van der Waals surface area contributed by atoms with Gasteiger partial charge in [-0.05, 0) is 68.1 Å². The Labute approximate surface area is 202 Å². The molecule has 2 aromatic carbocycles. The minimum Gasteiger partial charge on any atom is -0.380 e. The Morgan fingerprint density at radius 1 is 1.24 bits per heavy atom. The molecular formula is C24H28FN3O4S2. The van der Waals surface area contributed by atoms with Gasteiger partial charge in [-0.25, -0.2) is 12.8 Å². The highest BCUT2D eigenvalue weighted by atomic mass is 32.2. The topological polar surface area (TPSA) is 81.0 Å². The number of piperidine rings is 1. The average molecular weight is 506 g/mol. The number of benzene rings is 2. The molecule has 1 aliphatic heterocycles. The molecule has 1 amide bonds. The van der Waals surface area contributed by atoms with E-state index in [1.54, 1.807) is 6.07 Å². The van der Waals surface area contributed by atoms with E-state index < -0.39 is 15.9 Å². The van der Waals surface area contributed by atoms with E-state index in [4.69, 9.17) is 4.74 Å². The molecule has 10 heteroatoms. The maximum Gasteiger partial charge on any atom is 0.279 e. The zero-order valence-corrected chi connectivity index (χ0v) is 20.9. The number of sulfonamides is 1. The molecule has 0 N–H and O–H groups in total. The Bertz CT molecular complexity index is 1350. The summed E-state index contributed by atoms with van der Waals surface area (Å²) in [6, 6.07) is 10.4. The van der Waals surface area contributed by atoms with Gasteiger partial charge in [-0.3, -0.25) is 4.79 Å². The van der Waals surface area contributed by atoms with Crippen molar-refractivity contribution < 1.29 is 22.3 Å². The van der Waals surface area contributed by atoms with E-state index in [1.165, 1.54) is 52.0 Å². The molecule has 1 aromatic heterocycles. The number of nitrogens with zero attached hydrogens (tertiary/aromatic N) is 3. The Hall–Kier alpha value is -2.40. The largest absolute Gasteiger partial charge is 0.380 e. The lowest BCUT2D eigenvalue weighted by atomic mass is 10.0. The maximum absolute atomic E-state index is 13.7. The minimum absolute atomic E-state index is 0.169. The number of carbonyl (C=O) groups excluding carboxylic acids is 1. The summed E-state index contributed by atoms with van der Waals surface area (Å²) >= 11 is 1.22. The molecule has 0 bridgehead atoms. The molecule has 1 saturated heterocycles. The van der Waals surface area contributed by atoms with Crippen molar-refractivity contribution in [2.45, 2.75) is 38.1 Å². The van der Waals surface area contributed by atoms with Gasteiger partial charge < -0.3 is 9.30 Å². The number of hydrogen-bond acceptors (Lipinski definition) is 5. The van der Waals surface area contributed by atoms with Crippen molar-refractivity contribution in [1.29, 1.82) is 0 Å². The minimum atomic E-state index is -3.60. The molecular weight excluding hydrogens is 477 g/mol. The van der Waals surface area contributed by atoms with E-state index in [0.717, 1.165) is 18.4 Å². The highest BCUT2D eigenvalue weighted by molar-refractivity contribution is 7.89. The van der Waals surface area contributed by atoms with Gasteiger partial charge in [-0.15, -0.1) is 0 Å². The number of amides is 1. The molecule has 7 nitrogen and oxygen atoms in total. The first kappa shape index (κ1) is 24.7. The lowest BCUT2D eigenvalue weighted by molar-refractivity contribution is 0.0996. The van der Waals surface area contributed by atoms with Crippen LogP contribution in [-0.2, 0) is 21.3 Å². The fraction of sp³-hybridized carbons (Fsp3) is 0.417. The molecule has 0 radical (unpaired) electrons. The van der Waals surface area contributed by atoms with Crippen LogP contribution in [0.25, 0.3) is 10.2 Å². The highest BCUT2D eigenvalue weighted by Gasteiger charge is 2.28. The number of hydrogen-bond donors (Lipinski definition) is 0. The SMILES string of the molecule is CCOCCn1c(=NC(=O)c2ccc(S(=O)(=O)N3CCCC(C)C3)cc2)sc2cc(F)ccc21. The van der Waals surface area contributed by atoms with E-state index in [2.05, 4.69) is 4.99 Å². The van der Waals surface area contributed by atoms with Crippen LogP contribution in [-0.4, -0.2) is 49.5 Å². The second kappa shape index (κ2) is 10.5. The normalized spacial score (nSPS) is 18.0. The molecule has 2 heterocycles. The Morgan fingerprint density at radius 2 is 2.00 bits per heavy atom. The third-order valence-corrected chi connectivity index (χ3v) is 8.78. The second-order valence-corrected chi connectivity index (χ2v) is 11.3. The third-order valence-electron chi connectivity index (χ3n) is 5.86. The van der Waals surface area contributed by atoms with Gasteiger partial charge >= 0.3 is 0 Å². The van der Waals surface area contributed by atoms with Crippen molar-refractivity contribution in [1.82, 2.24) is 8.87 Å². The fourth-order valence-electron chi connectivity index (χ4n) is 4.08. The average Bonchev–Trinajstić information content (AvgIpc) is 3.15. The van der Waals surface area contributed by atoms with Crippen molar-refractivity contribution in [3.8, 4) is 0 Å². The van der Waals surface area contributed by atoms with Crippen LogP contribution in [0.5, 0.6) is 0 Å². The summed E-state index contributed by atoms with van der Waals surface area (Å²) in [5.74, 6) is -0.524. The van der Waals surface area contributed by atoms with Crippen LogP contribution >= 0.6 is 11.3 Å². The molecule has 34 heavy (non-hydrogen) atoms. The summed E-state index contributed by atoms with van der Waals surface area (Å²) in [6.07, 6.45) is 1.87. The molecule has 182 valence electrons. The van der Waals surface area contributed by atoms with E-state index in [1.807, 2.05) is 18.4 Å². The van der Waals surface area contributed by atoms with Crippen molar-refractivity contribution in [2.24, 2.45) is 10.9 Å². The fourth-order valence-corrected chi connectivity index (χ4v) is 6.76. The van der Waals surface area contributed by atoms with Crippen LogP contribution in [0.15, 0.2) is 52.4 Å². The van der Waals surface area contributed by atoms with Crippen LogP contribution in [0.4, 0.5) is 4.39 Å². The van der Waals surface area contributed by atoms with Crippen molar-refractivity contribution in [2.75, 3.05) is 26.3 Å². The number of fused-ring (bicyclic) bond motifs is 1. The number of halogens is 1. The van der Waals surface area contributed by atoms with Gasteiger partial charge in [0.05, 0.1) is 21.7 Å². The van der Waals surface area contributed by atoms with Crippen LogP contribution in [0.2, 0.25) is 0 Å². The molecule has 0 aliphatic carbocycles. The quantitative estimate of drug-likeness (QED) is 0.454. The van der Waals surface area contributed by atoms with Gasteiger partial charge in [0.1, 0.15) is 5.82 Å². The summed E-state index contributed by atoms with van der Waals surface area (Å²) in [7, 11) is -3.60. The Balaban J connectivity index is 1.62. The molecule has 0 spiro atoms. The van der Waals surface area contributed by atoms with E-state index in [0.29, 0.717) is 48.3 Å². The molecule has 1 fully saturated rings. The lowest BCUT2D eigenvalue weighted by Gasteiger charge is -2.30. The number of rotatable bonds is 7. The van der Waals surface area contributed by atoms with E-state index in [-0.39, 0.29) is 16.3 Å². The smallest absolute Gasteiger partial charge is 0.279 e. The predicted molar refractivity (Wildman–Crippen MR) is 130 cm³/mol. The zero-order valence-electron chi connectivity index (χ0n) is 19.2. The first-order valence-electron chi connectivity index (χ1n) is 11.4. The zero-order chi connectivity index (χ0) is 24.3. The first-order chi connectivity index (χ1) is 16.3. The van der Waals surface area contributed by atoms with E-state index >= 15 is 0 Å². The lowest BCUT2D eigenvalue weighted by Crippen LogP contribution is -2.39. The summed E-state index contributed by atoms with van der Waals surface area (Å²) in [5.41, 5.74) is 1.06. The van der Waals surface area contributed by atoms with Crippen molar-refractivity contribution in [3.63, 3.8) is 0 Å². The first-order valence-corrected chi connectivity index (χ1v) is 13.6. The van der Waals surface area contributed by atoms with Gasteiger partial charge in [-0.1, -0.05) is 18.3 Å². The molecule has 3 aromatic rings. The van der Waals surface area contributed by atoms with Crippen LogP contribution in [0.3, 0.4) is 0 Å². The molecule has 1 unspecified atom stereocenters. The van der Waals surface area contributed by atoms with Crippen LogP contribution < -0.4 is 4.80 Å². The van der Waals surface area contributed by atoms with Crippen LogP contribution in [0.1, 0.15) is 37.0 Å². The van der Waals surface area contributed by atoms with Gasteiger partial charge in [0.15, 0.2) is 4.80 Å². The predicted octanol–water partition coefficient (Wildman–Crippen LogP) is 4.04. The molecule has 1 aliphatic rings.